The van der Waals surface area contributed by atoms with E-state index >= 15 is 0 Å². The van der Waals surface area contributed by atoms with Gasteiger partial charge in [0.15, 0.2) is 0 Å². The molecule has 1 aliphatic rings. The summed E-state index contributed by atoms with van der Waals surface area (Å²) in [5, 5.41) is 0. The molecule has 0 aliphatic carbocycles. The maximum absolute atomic E-state index is 11.8. The minimum absolute atomic E-state index is 0.349. The molecule has 1 fully saturated rings. The SMILES string of the molecule is CCC(CCN)CNS(=O)(=O)N1CCCC1. The van der Waals surface area contributed by atoms with Crippen LogP contribution < -0.4 is 10.5 Å². The number of nitrogens with one attached hydrogen (secondary N) is 1. The molecule has 16 heavy (non-hydrogen) atoms. The van der Waals surface area contributed by atoms with E-state index in [2.05, 4.69) is 11.6 Å². The second-order valence-corrected chi connectivity index (χ2v) is 6.07. The Morgan fingerprint density at radius 1 is 1.38 bits per heavy atom. The molecular formula is C10H23N3O2S. The van der Waals surface area contributed by atoms with Crippen LogP contribution in [0.1, 0.15) is 32.6 Å². The molecule has 0 saturated carbocycles. The van der Waals surface area contributed by atoms with Crippen molar-refractivity contribution < 1.29 is 8.42 Å². The van der Waals surface area contributed by atoms with Gasteiger partial charge in [-0.3, -0.25) is 0 Å². The van der Waals surface area contributed by atoms with Crippen LogP contribution in [-0.4, -0.2) is 38.9 Å². The van der Waals surface area contributed by atoms with Gasteiger partial charge >= 0.3 is 0 Å². The number of nitrogens with two attached hydrogens (primary N) is 1. The van der Waals surface area contributed by atoms with Gasteiger partial charge in [-0.1, -0.05) is 13.3 Å². The van der Waals surface area contributed by atoms with Crippen LogP contribution in [0.3, 0.4) is 0 Å². The summed E-state index contributed by atoms with van der Waals surface area (Å²) in [6, 6.07) is 0. The molecule has 1 atom stereocenters. The molecule has 0 aromatic carbocycles. The molecule has 1 aliphatic heterocycles. The highest BCUT2D eigenvalue weighted by atomic mass is 32.2. The summed E-state index contributed by atoms with van der Waals surface area (Å²) in [7, 11) is -3.24. The van der Waals surface area contributed by atoms with Gasteiger partial charge in [0.2, 0.25) is 0 Å². The van der Waals surface area contributed by atoms with Crippen LogP contribution in [0.2, 0.25) is 0 Å². The van der Waals surface area contributed by atoms with Crippen LogP contribution >= 0.6 is 0 Å². The first-order chi connectivity index (χ1) is 7.60. The van der Waals surface area contributed by atoms with Crippen molar-refractivity contribution in [2.24, 2.45) is 11.7 Å². The van der Waals surface area contributed by atoms with Gasteiger partial charge in [0.1, 0.15) is 0 Å². The van der Waals surface area contributed by atoms with E-state index in [1.165, 1.54) is 4.31 Å². The average molecular weight is 249 g/mol. The summed E-state index contributed by atoms with van der Waals surface area (Å²) in [4.78, 5) is 0. The molecule has 0 aromatic rings. The van der Waals surface area contributed by atoms with E-state index < -0.39 is 10.2 Å². The molecule has 0 bridgehead atoms. The summed E-state index contributed by atoms with van der Waals surface area (Å²) in [6.45, 7) is 4.49. The highest BCUT2D eigenvalue weighted by Gasteiger charge is 2.25. The minimum Gasteiger partial charge on any atom is -0.330 e. The zero-order valence-electron chi connectivity index (χ0n) is 9.98. The smallest absolute Gasteiger partial charge is 0.279 e. The van der Waals surface area contributed by atoms with E-state index in [0.717, 1.165) is 25.7 Å². The topological polar surface area (TPSA) is 75.4 Å². The summed E-state index contributed by atoms with van der Waals surface area (Å²) >= 11 is 0. The van der Waals surface area contributed by atoms with Gasteiger partial charge in [-0.15, -0.1) is 0 Å². The van der Waals surface area contributed by atoms with Crippen LogP contribution in [0, 0.1) is 5.92 Å². The first-order valence-corrected chi connectivity index (χ1v) is 7.49. The monoisotopic (exact) mass is 249 g/mol. The second-order valence-electron chi connectivity index (χ2n) is 4.31. The van der Waals surface area contributed by atoms with Gasteiger partial charge in [0, 0.05) is 19.6 Å². The van der Waals surface area contributed by atoms with Gasteiger partial charge in [0.05, 0.1) is 0 Å². The zero-order valence-corrected chi connectivity index (χ0v) is 10.8. The van der Waals surface area contributed by atoms with Crippen LogP contribution in [0.15, 0.2) is 0 Å². The Morgan fingerprint density at radius 3 is 2.50 bits per heavy atom. The average Bonchev–Trinajstić information content (AvgIpc) is 2.78. The largest absolute Gasteiger partial charge is 0.330 e. The van der Waals surface area contributed by atoms with Crippen LogP contribution in [0.25, 0.3) is 0 Å². The van der Waals surface area contributed by atoms with Crippen molar-refractivity contribution in [1.82, 2.24) is 9.03 Å². The molecule has 1 saturated heterocycles. The standard InChI is InChI=1S/C10H23N3O2S/c1-2-10(5-6-11)9-12-16(14,15)13-7-3-4-8-13/h10,12H,2-9,11H2,1H3. The van der Waals surface area contributed by atoms with Crippen LogP contribution in [-0.2, 0) is 10.2 Å². The first-order valence-electron chi connectivity index (χ1n) is 6.05. The summed E-state index contributed by atoms with van der Waals surface area (Å²) in [5.41, 5.74) is 5.48. The number of nitrogens with zero attached hydrogens (tertiary/aromatic N) is 1. The van der Waals surface area contributed by atoms with Crippen molar-refractivity contribution in [3.8, 4) is 0 Å². The fraction of sp³-hybridized carbons (Fsp3) is 1.00. The third-order valence-electron chi connectivity index (χ3n) is 3.11. The van der Waals surface area contributed by atoms with E-state index in [1.807, 2.05) is 0 Å². The summed E-state index contributed by atoms with van der Waals surface area (Å²) in [6.07, 6.45) is 3.78. The Kier molecular flexibility index (Phi) is 5.68. The Labute approximate surface area is 98.6 Å². The fourth-order valence-corrected chi connectivity index (χ4v) is 3.30. The van der Waals surface area contributed by atoms with E-state index in [4.69, 9.17) is 5.73 Å². The Balaban J connectivity index is 2.40. The highest BCUT2D eigenvalue weighted by molar-refractivity contribution is 7.87. The number of rotatable bonds is 7. The molecular weight excluding hydrogens is 226 g/mol. The normalized spacial score (nSPS) is 20.1. The zero-order chi connectivity index (χ0) is 12.0. The first kappa shape index (κ1) is 13.9. The molecule has 0 amide bonds. The quantitative estimate of drug-likeness (QED) is 0.681. The van der Waals surface area contributed by atoms with E-state index in [9.17, 15) is 8.42 Å². The van der Waals surface area contributed by atoms with Gasteiger partial charge in [-0.2, -0.15) is 12.7 Å². The molecule has 0 aromatic heterocycles. The van der Waals surface area contributed by atoms with E-state index in [1.54, 1.807) is 0 Å². The minimum atomic E-state index is -3.24. The van der Waals surface area contributed by atoms with E-state index in [0.29, 0.717) is 32.1 Å². The number of hydrogen-bond acceptors (Lipinski definition) is 3. The third-order valence-corrected chi connectivity index (χ3v) is 4.69. The molecule has 5 nitrogen and oxygen atoms in total. The molecule has 6 heteroatoms. The predicted octanol–water partition coefficient (Wildman–Crippen LogP) is 0.292. The maximum Gasteiger partial charge on any atom is 0.279 e. The van der Waals surface area contributed by atoms with Gasteiger partial charge in [-0.05, 0) is 31.7 Å². The van der Waals surface area contributed by atoms with Crippen LogP contribution in [0.4, 0.5) is 0 Å². The summed E-state index contributed by atoms with van der Waals surface area (Å²) in [5.74, 6) is 0.349. The second kappa shape index (κ2) is 6.54. The molecule has 96 valence electrons. The Hall–Kier alpha value is -0.170. The summed E-state index contributed by atoms with van der Waals surface area (Å²) < 4.78 is 27.9. The maximum atomic E-state index is 11.8. The predicted molar refractivity (Wildman–Crippen MR) is 65.2 cm³/mol. The number of hydrogen-bond donors (Lipinski definition) is 2. The van der Waals surface area contributed by atoms with Gasteiger partial charge in [-0.25, -0.2) is 4.72 Å². The van der Waals surface area contributed by atoms with E-state index in [-0.39, 0.29) is 0 Å². The van der Waals surface area contributed by atoms with Crippen molar-refractivity contribution >= 4 is 10.2 Å². The van der Waals surface area contributed by atoms with Crippen LogP contribution in [0.5, 0.6) is 0 Å². The lowest BCUT2D eigenvalue weighted by Crippen LogP contribution is -2.41. The molecule has 0 radical (unpaired) electrons. The molecule has 0 spiro atoms. The van der Waals surface area contributed by atoms with Crippen molar-refractivity contribution in [3.63, 3.8) is 0 Å². The lowest BCUT2D eigenvalue weighted by atomic mass is 10.0. The fourth-order valence-electron chi connectivity index (χ4n) is 1.93. The lowest BCUT2D eigenvalue weighted by Gasteiger charge is -2.19. The van der Waals surface area contributed by atoms with Crippen molar-refractivity contribution in [3.05, 3.63) is 0 Å². The van der Waals surface area contributed by atoms with Crippen molar-refractivity contribution in [2.45, 2.75) is 32.6 Å². The van der Waals surface area contributed by atoms with Gasteiger partial charge < -0.3 is 5.73 Å². The van der Waals surface area contributed by atoms with Gasteiger partial charge in [0.25, 0.3) is 10.2 Å². The molecule has 1 heterocycles. The Morgan fingerprint density at radius 2 is 2.00 bits per heavy atom. The third kappa shape index (κ3) is 4.01. The Bertz CT molecular complexity index is 286. The lowest BCUT2D eigenvalue weighted by molar-refractivity contribution is 0.433. The highest BCUT2D eigenvalue weighted by Crippen LogP contribution is 2.12. The van der Waals surface area contributed by atoms with Crippen molar-refractivity contribution in [1.29, 1.82) is 0 Å². The molecule has 3 N–H and O–H groups in total. The van der Waals surface area contributed by atoms with Crippen molar-refractivity contribution in [2.75, 3.05) is 26.2 Å². The molecule has 1 unspecified atom stereocenters. The molecule has 1 rings (SSSR count).